The molecule has 0 spiro atoms. The second-order valence-electron chi connectivity index (χ2n) is 16.4. The number of rotatable bonds is 45. The number of carbonyl (C=O) groups is 2. The summed E-state index contributed by atoms with van der Waals surface area (Å²) in [6.07, 6.45) is 50.8. The average molecular weight is 763 g/mol. The highest BCUT2D eigenvalue weighted by atomic mass is 16.6. The van der Waals surface area contributed by atoms with Crippen molar-refractivity contribution in [3.8, 4) is 0 Å². The molecular formula is C49H94O5. The molecule has 0 saturated carbocycles. The maximum Gasteiger partial charge on any atom is 0.306 e. The van der Waals surface area contributed by atoms with E-state index in [9.17, 15) is 9.59 Å². The van der Waals surface area contributed by atoms with E-state index >= 15 is 0 Å². The third kappa shape index (κ3) is 43.4. The number of unbranched alkanes of at least 4 members (excludes halogenated alkanes) is 32. The zero-order valence-electron chi connectivity index (χ0n) is 36.8. The molecule has 0 bridgehead atoms. The predicted molar refractivity (Wildman–Crippen MR) is 233 cm³/mol. The summed E-state index contributed by atoms with van der Waals surface area (Å²) in [6.45, 7) is 7.82. The van der Waals surface area contributed by atoms with Crippen LogP contribution in [-0.4, -0.2) is 37.9 Å². The van der Waals surface area contributed by atoms with Gasteiger partial charge in [-0.15, -0.1) is 0 Å². The lowest BCUT2D eigenvalue weighted by Gasteiger charge is -2.18. The third-order valence-corrected chi connectivity index (χ3v) is 10.8. The Morgan fingerprint density at radius 2 is 0.722 bits per heavy atom. The van der Waals surface area contributed by atoms with Crippen LogP contribution in [0.2, 0.25) is 0 Å². The molecule has 5 nitrogen and oxygen atoms in total. The molecule has 0 radical (unpaired) electrons. The highest BCUT2D eigenvalue weighted by Crippen LogP contribution is 2.15. The number of ether oxygens (including phenoxy) is 3. The average Bonchev–Trinajstić information content (AvgIpc) is 3.17. The number of esters is 2. The fraction of sp³-hybridized carbons (Fsp3) is 0.918. The van der Waals surface area contributed by atoms with Crippen molar-refractivity contribution in [3.05, 3.63) is 12.2 Å². The molecular weight excluding hydrogens is 669 g/mol. The number of carbonyl (C=O) groups excluding carboxylic acids is 2. The first-order valence-corrected chi connectivity index (χ1v) is 24.2. The molecule has 0 fully saturated rings. The molecule has 1 unspecified atom stereocenters. The Bertz CT molecular complexity index is 780. The van der Waals surface area contributed by atoms with Gasteiger partial charge in [-0.1, -0.05) is 219 Å². The highest BCUT2D eigenvalue weighted by molar-refractivity contribution is 5.70. The molecule has 320 valence electrons. The zero-order chi connectivity index (χ0) is 39.3. The van der Waals surface area contributed by atoms with Crippen LogP contribution in [0.25, 0.3) is 0 Å². The van der Waals surface area contributed by atoms with Gasteiger partial charge in [-0.05, 0) is 44.9 Å². The fourth-order valence-electron chi connectivity index (χ4n) is 7.15. The predicted octanol–water partition coefficient (Wildman–Crippen LogP) is 15.9. The van der Waals surface area contributed by atoms with Crippen molar-refractivity contribution in [1.82, 2.24) is 0 Å². The number of hydrogen-bond acceptors (Lipinski definition) is 5. The first-order chi connectivity index (χ1) is 26.6. The second-order valence-corrected chi connectivity index (χ2v) is 16.4. The first-order valence-electron chi connectivity index (χ1n) is 24.2. The van der Waals surface area contributed by atoms with Gasteiger partial charge in [0.2, 0.25) is 0 Å². The zero-order valence-corrected chi connectivity index (χ0v) is 36.8. The molecule has 0 aromatic carbocycles. The van der Waals surface area contributed by atoms with Gasteiger partial charge in [0.1, 0.15) is 6.61 Å². The minimum absolute atomic E-state index is 0.0897. The SMILES string of the molecule is CCCCCCCC/C=C\CCCCCCCC(=O)OC(COCCCCCCCC)COC(=O)CCCCCCCCCCCCCCCCCCC. The first kappa shape index (κ1) is 52.6. The maximum atomic E-state index is 12.7. The van der Waals surface area contributed by atoms with E-state index in [1.807, 2.05) is 0 Å². The van der Waals surface area contributed by atoms with E-state index in [0.29, 0.717) is 26.1 Å². The lowest BCUT2D eigenvalue weighted by atomic mass is 10.0. The van der Waals surface area contributed by atoms with Gasteiger partial charge in [0.25, 0.3) is 0 Å². The summed E-state index contributed by atoms with van der Waals surface area (Å²) < 4.78 is 17.2. The van der Waals surface area contributed by atoms with Gasteiger partial charge in [0.15, 0.2) is 6.10 Å². The monoisotopic (exact) mass is 763 g/mol. The van der Waals surface area contributed by atoms with E-state index in [0.717, 1.165) is 51.4 Å². The molecule has 0 aliphatic heterocycles. The second kappa shape index (κ2) is 46.0. The van der Waals surface area contributed by atoms with Crippen LogP contribution in [0.15, 0.2) is 12.2 Å². The molecule has 0 aliphatic rings. The summed E-state index contributed by atoms with van der Waals surface area (Å²) in [5.74, 6) is -0.393. The van der Waals surface area contributed by atoms with E-state index in [1.165, 1.54) is 180 Å². The van der Waals surface area contributed by atoms with Gasteiger partial charge >= 0.3 is 11.9 Å². The van der Waals surface area contributed by atoms with Crippen LogP contribution in [0.1, 0.15) is 265 Å². The van der Waals surface area contributed by atoms with Crippen LogP contribution in [-0.2, 0) is 23.8 Å². The maximum absolute atomic E-state index is 12.7. The van der Waals surface area contributed by atoms with Crippen LogP contribution < -0.4 is 0 Å². The Morgan fingerprint density at radius 1 is 0.389 bits per heavy atom. The van der Waals surface area contributed by atoms with E-state index < -0.39 is 6.10 Å². The van der Waals surface area contributed by atoms with E-state index in [2.05, 4.69) is 32.9 Å². The minimum Gasteiger partial charge on any atom is -0.462 e. The molecule has 0 aliphatic carbocycles. The smallest absolute Gasteiger partial charge is 0.306 e. The molecule has 0 amide bonds. The lowest BCUT2D eigenvalue weighted by Crippen LogP contribution is -2.30. The lowest BCUT2D eigenvalue weighted by molar-refractivity contribution is -0.163. The van der Waals surface area contributed by atoms with Crippen molar-refractivity contribution in [1.29, 1.82) is 0 Å². The van der Waals surface area contributed by atoms with Crippen LogP contribution in [0.4, 0.5) is 0 Å². The molecule has 0 heterocycles. The quantitative estimate of drug-likeness (QED) is 0.0351. The Balaban J connectivity index is 4.05. The van der Waals surface area contributed by atoms with Gasteiger partial charge in [-0.25, -0.2) is 0 Å². The van der Waals surface area contributed by atoms with Crippen molar-refractivity contribution in [3.63, 3.8) is 0 Å². The molecule has 0 aromatic heterocycles. The van der Waals surface area contributed by atoms with Gasteiger partial charge < -0.3 is 14.2 Å². The van der Waals surface area contributed by atoms with E-state index in [-0.39, 0.29) is 18.5 Å². The van der Waals surface area contributed by atoms with Gasteiger partial charge in [0.05, 0.1) is 6.61 Å². The Morgan fingerprint density at radius 3 is 1.13 bits per heavy atom. The topological polar surface area (TPSA) is 61.8 Å². The van der Waals surface area contributed by atoms with E-state index in [1.54, 1.807) is 0 Å². The Kier molecular flexibility index (Phi) is 44.9. The van der Waals surface area contributed by atoms with Crippen LogP contribution in [0, 0.1) is 0 Å². The number of hydrogen-bond donors (Lipinski definition) is 0. The molecule has 0 saturated heterocycles. The normalized spacial score (nSPS) is 12.1. The molecule has 1 atom stereocenters. The van der Waals surface area contributed by atoms with Gasteiger partial charge in [0, 0.05) is 19.4 Å². The molecule has 5 heteroatoms. The van der Waals surface area contributed by atoms with Crippen molar-refractivity contribution < 1.29 is 23.8 Å². The summed E-state index contributed by atoms with van der Waals surface area (Å²) in [5, 5.41) is 0. The fourth-order valence-corrected chi connectivity index (χ4v) is 7.15. The van der Waals surface area contributed by atoms with Crippen molar-refractivity contribution in [2.75, 3.05) is 19.8 Å². The van der Waals surface area contributed by atoms with E-state index in [4.69, 9.17) is 14.2 Å². The summed E-state index contributed by atoms with van der Waals surface area (Å²) >= 11 is 0. The third-order valence-electron chi connectivity index (χ3n) is 10.8. The van der Waals surface area contributed by atoms with Crippen molar-refractivity contribution in [2.24, 2.45) is 0 Å². The summed E-state index contributed by atoms with van der Waals surface area (Å²) in [7, 11) is 0. The molecule has 54 heavy (non-hydrogen) atoms. The largest absolute Gasteiger partial charge is 0.462 e. The Labute approximate surface area is 337 Å². The van der Waals surface area contributed by atoms with Crippen LogP contribution in [0.3, 0.4) is 0 Å². The summed E-state index contributed by atoms with van der Waals surface area (Å²) in [6, 6.07) is 0. The van der Waals surface area contributed by atoms with Gasteiger partial charge in [-0.2, -0.15) is 0 Å². The van der Waals surface area contributed by atoms with Crippen LogP contribution >= 0.6 is 0 Å². The van der Waals surface area contributed by atoms with Crippen LogP contribution in [0.5, 0.6) is 0 Å². The Hall–Kier alpha value is -1.36. The van der Waals surface area contributed by atoms with Crippen molar-refractivity contribution in [2.45, 2.75) is 271 Å². The van der Waals surface area contributed by atoms with Crippen molar-refractivity contribution >= 4 is 11.9 Å². The standard InChI is InChI=1S/C49H94O5/c1-4-7-10-13-16-18-20-22-24-25-27-28-30-32-34-36-39-42-48(50)53-46-47(45-52-44-41-38-15-12-9-6-3)54-49(51)43-40-37-35-33-31-29-26-23-21-19-17-14-11-8-5-2/h23,26,47H,4-22,24-25,27-46H2,1-3H3/b26-23-. The molecule has 0 rings (SSSR count). The number of allylic oxidation sites excluding steroid dienone is 2. The summed E-state index contributed by atoms with van der Waals surface area (Å²) in [4.78, 5) is 25.2. The highest BCUT2D eigenvalue weighted by Gasteiger charge is 2.17. The summed E-state index contributed by atoms with van der Waals surface area (Å²) in [5.41, 5.74) is 0. The van der Waals surface area contributed by atoms with Gasteiger partial charge in [-0.3, -0.25) is 9.59 Å². The minimum atomic E-state index is -0.528. The molecule has 0 N–H and O–H groups in total. The molecule has 0 aromatic rings.